The Balaban J connectivity index is 1.91. The smallest absolute Gasteiger partial charge is 0.422 e. The van der Waals surface area contributed by atoms with Crippen LogP contribution in [0.4, 0.5) is 13.2 Å². The number of carboxylic acids is 1. The van der Waals surface area contributed by atoms with Gasteiger partial charge in [0.15, 0.2) is 6.61 Å². The van der Waals surface area contributed by atoms with Crippen molar-refractivity contribution in [1.29, 1.82) is 0 Å². The zero-order valence-corrected chi connectivity index (χ0v) is 12.8. The van der Waals surface area contributed by atoms with E-state index in [-0.39, 0.29) is 18.1 Å². The molecule has 0 bridgehead atoms. The van der Waals surface area contributed by atoms with Crippen LogP contribution in [0.2, 0.25) is 0 Å². The number of carboxylic acid groups (broad SMARTS) is 1. The SMILES string of the molecule is O=C(Cc1cccc(OCC(F)(F)F)c1)N[C@H]1CCC[C@H]1C(=O)O. The Kier molecular flexibility index (Phi) is 5.69. The van der Waals surface area contributed by atoms with Crippen molar-refractivity contribution in [1.82, 2.24) is 5.32 Å². The van der Waals surface area contributed by atoms with Gasteiger partial charge in [-0.3, -0.25) is 9.59 Å². The van der Waals surface area contributed by atoms with Gasteiger partial charge < -0.3 is 15.2 Å². The van der Waals surface area contributed by atoms with Gasteiger partial charge in [-0.25, -0.2) is 0 Å². The molecule has 132 valence electrons. The van der Waals surface area contributed by atoms with E-state index in [1.54, 1.807) is 6.07 Å². The van der Waals surface area contributed by atoms with Gasteiger partial charge >= 0.3 is 12.1 Å². The standard InChI is InChI=1S/C16H18F3NO4/c17-16(18,19)9-24-11-4-1-3-10(7-11)8-14(21)20-13-6-2-5-12(13)15(22)23/h1,3-4,7,12-13H,2,5-6,8-9H2,(H,20,21)(H,22,23)/t12-,13+/m1/s1. The minimum atomic E-state index is -4.43. The molecule has 1 aromatic rings. The molecule has 1 aliphatic rings. The van der Waals surface area contributed by atoms with Gasteiger partial charge in [0.05, 0.1) is 12.3 Å². The normalized spacial score (nSPS) is 20.6. The van der Waals surface area contributed by atoms with Crippen LogP contribution in [-0.4, -0.2) is 35.8 Å². The first-order valence-corrected chi connectivity index (χ1v) is 7.55. The number of hydrogen-bond acceptors (Lipinski definition) is 3. The Hall–Kier alpha value is -2.25. The van der Waals surface area contributed by atoms with Gasteiger partial charge in [-0.05, 0) is 30.5 Å². The van der Waals surface area contributed by atoms with Crippen LogP contribution in [0.5, 0.6) is 5.75 Å². The fourth-order valence-corrected chi connectivity index (χ4v) is 2.78. The summed E-state index contributed by atoms with van der Waals surface area (Å²) < 4.78 is 41.1. The van der Waals surface area contributed by atoms with Gasteiger partial charge in [0.2, 0.25) is 5.91 Å². The summed E-state index contributed by atoms with van der Waals surface area (Å²) in [5, 5.41) is 11.8. The third-order valence-corrected chi connectivity index (χ3v) is 3.85. The molecule has 2 N–H and O–H groups in total. The molecule has 0 spiro atoms. The first-order valence-electron chi connectivity index (χ1n) is 7.55. The highest BCUT2D eigenvalue weighted by Gasteiger charge is 2.33. The van der Waals surface area contributed by atoms with Gasteiger partial charge in [-0.15, -0.1) is 0 Å². The third kappa shape index (κ3) is 5.43. The molecule has 0 aromatic heterocycles. The molecular formula is C16H18F3NO4. The number of nitrogens with one attached hydrogen (secondary N) is 1. The summed E-state index contributed by atoms with van der Waals surface area (Å²) in [4.78, 5) is 23.1. The van der Waals surface area contributed by atoms with Crippen molar-refractivity contribution in [3.8, 4) is 5.75 Å². The van der Waals surface area contributed by atoms with Gasteiger partial charge in [-0.2, -0.15) is 13.2 Å². The van der Waals surface area contributed by atoms with Gasteiger partial charge in [-0.1, -0.05) is 18.6 Å². The van der Waals surface area contributed by atoms with Crippen molar-refractivity contribution in [2.24, 2.45) is 5.92 Å². The molecule has 2 atom stereocenters. The summed E-state index contributed by atoms with van der Waals surface area (Å²) in [6, 6.07) is 5.45. The number of amides is 1. The van der Waals surface area contributed by atoms with Crippen molar-refractivity contribution in [3.63, 3.8) is 0 Å². The van der Waals surface area contributed by atoms with E-state index >= 15 is 0 Å². The van der Waals surface area contributed by atoms with Crippen molar-refractivity contribution in [3.05, 3.63) is 29.8 Å². The highest BCUT2D eigenvalue weighted by Crippen LogP contribution is 2.26. The van der Waals surface area contributed by atoms with Crippen molar-refractivity contribution >= 4 is 11.9 Å². The van der Waals surface area contributed by atoms with Gasteiger partial charge in [0.25, 0.3) is 0 Å². The number of carbonyl (C=O) groups excluding carboxylic acids is 1. The molecule has 0 saturated heterocycles. The Bertz CT molecular complexity index is 603. The fourth-order valence-electron chi connectivity index (χ4n) is 2.78. The predicted octanol–water partition coefficient (Wildman–Crippen LogP) is 2.54. The summed E-state index contributed by atoms with van der Waals surface area (Å²) >= 11 is 0. The number of carbonyl (C=O) groups is 2. The molecule has 24 heavy (non-hydrogen) atoms. The quantitative estimate of drug-likeness (QED) is 0.831. The maximum absolute atomic E-state index is 12.1. The highest BCUT2D eigenvalue weighted by atomic mass is 19.4. The van der Waals surface area contributed by atoms with Crippen LogP contribution in [0, 0.1) is 5.92 Å². The minimum Gasteiger partial charge on any atom is -0.484 e. The molecule has 1 fully saturated rings. The lowest BCUT2D eigenvalue weighted by atomic mass is 10.0. The number of rotatable bonds is 6. The molecule has 1 aliphatic carbocycles. The topological polar surface area (TPSA) is 75.6 Å². The Morgan fingerprint density at radius 2 is 2.04 bits per heavy atom. The fraction of sp³-hybridized carbons (Fsp3) is 0.500. The van der Waals surface area contributed by atoms with Crippen LogP contribution in [0.25, 0.3) is 0 Å². The third-order valence-electron chi connectivity index (χ3n) is 3.85. The monoisotopic (exact) mass is 345 g/mol. The molecule has 5 nitrogen and oxygen atoms in total. The minimum absolute atomic E-state index is 0.0295. The van der Waals surface area contributed by atoms with E-state index in [0.29, 0.717) is 18.4 Å². The molecule has 1 saturated carbocycles. The van der Waals surface area contributed by atoms with Crippen LogP contribution < -0.4 is 10.1 Å². The Labute approximate surface area is 136 Å². The average molecular weight is 345 g/mol. The first-order chi connectivity index (χ1) is 11.2. The van der Waals surface area contributed by atoms with Gasteiger partial charge in [0.1, 0.15) is 5.75 Å². The Morgan fingerprint density at radius 3 is 2.71 bits per heavy atom. The van der Waals surface area contributed by atoms with Crippen LogP contribution in [-0.2, 0) is 16.0 Å². The van der Waals surface area contributed by atoms with Crippen molar-refractivity contribution in [2.75, 3.05) is 6.61 Å². The van der Waals surface area contributed by atoms with E-state index in [1.165, 1.54) is 18.2 Å². The van der Waals surface area contributed by atoms with Crippen molar-refractivity contribution in [2.45, 2.75) is 37.9 Å². The van der Waals surface area contributed by atoms with E-state index in [1.807, 2.05) is 0 Å². The van der Waals surface area contributed by atoms with E-state index in [4.69, 9.17) is 5.11 Å². The molecule has 1 amide bonds. The van der Waals surface area contributed by atoms with Crippen molar-refractivity contribution < 1.29 is 32.6 Å². The number of hydrogen-bond donors (Lipinski definition) is 2. The molecule has 0 heterocycles. The van der Waals surface area contributed by atoms with Crippen LogP contribution in [0.1, 0.15) is 24.8 Å². The molecule has 0 aliphatic heterocycles. The van der Waals surface area contributed by atoms with Gasteiger partial charge in [0, 0.05) is 6.04 Å². The number of ether oxygens (including phenoxy) is 1. The molecule has 2 rings (SSSR count). The maximum Gasteiger partial charge on any atom is 0.422 e. The number of halogens is 3. The summed E-state index contributed by atoms with van der Waals surface area (Å²) in [6.45, 7) is -1.40. The molecule has 0 unspecified atom stereocenters. The summed E-state index contributed by atoms with van der Waals surface area (Å²) in [6.07, 6.45) is -2.60. The average Bonchev–Trinajstić information content (AvgIpc) is 2.93. The predicted molar refractivity (Wildman–Crippen MR) is 78.6 cm³/mol. The Morgan fingerprint density at radius 1 is 1.29 bits per heavy atom. The van der Waals surface area contributed by atoms with E-state index < -0.39 is 30.7 Å². The second-order valence-electron chi connectivity index (χ2n) is 5.78. The first kappa shape index (κ1) is 18.1. The zero-order valence-electron chi connectivity index (χ0n) is 12.8. The highest BCUT2D eigenvalue weighted by molar-refractivity contribution is 5.80. The summed E-state index contributed by atoms with van der Waals surface area (Å²) in [7, 11) is 0. The summed E-state index contributed by atoms with van der Waals surface area (Å²) in [5.41, 5.74) is 0.497. The lowest BCUT2D eigenvalue weighted by molar-refractivity contribution is -0.153. The summed E-state index contributed by atoms with van der Waals surface area (Å²) in [5.74, 6) is -1.85. The number of aliphatic carboxylic acids is 1. The van der Waals surface area contributed by atoms with E-state index in [2.05, 4.69) is 10.1 Å². The lowest BCUT2D eigenvalue weighted by Gasteiger charge is -2.17. The lowest BCUT2D eigenvalue weighted by Crippen LogP contribution is -2.40. The maximum atomic E-state index is 12.1. The second-order valence-corrected chi connectivity index (χ2v) is 5.78. The molecule has 0 radical (unpaired) electrons. The molecule has 1 aromatic carbocycles. The van der Waals surface area contributed by atoms with E-state index in [9.17, 15) is 22.8 Å². The largest absolute Gasteiger partial charge is 0.484 e. The number of benzene rings is 1. The molecule has 8 heteroatoms. The van der Waals surface area contributed by atoms with Crippen LogP contribution >= 0.6 is 0 Å². The second kappa shape index (κ2) is 7.55. The van der Waals surface area contributed by atoms with Crippen LogP contribution in [0.15, 0.2) is 24.3 Å². The zero-order chi connectivity index (χ0) is 17.7. The number of alkyl halides is 3. The molecular weight excluding hydrogens is 327 g/mol. The van der Waals surface area contributed by atoms with Crippen LogP contribution in [0.3, 0.4) is 0 Å². The van der Waals surface area contributed by atoms with E-state index in [0.717, 1.165) is 6.42 Å².